The van der Waals surface area contributed by atoms with Crippen molar-refractivity contribution in [2.45, 2.75) is 13.0 Å². The van der Waals surface area contributed by atoms with Crippen LogP contribution in [-0.2, 0) is 0 Å². The fraction of sp³-hybridized carbons (Fsp3) is 0.143. The smallest absolute Gasteiger partial charge is 0.201 e. The van der Waals surface area contributed by atoms with E-state index in [0.29, 0.717) is 15.8 Å². The van der Waals surface area contributed by atoms with Crippen molar-refractivity contribution in [3.05, 3.63) is 58.1 Å². The number of ether oxygens (including phenoxy) is 1. The van der Waals surface area contributed by atoms with Crippen LogP contribution < -0.4 is 4.74 Å². The Labute approximate surface area is 117 Å². The first-order valence-electron chi connectivity index (χ1n) is 5.58. The third kappa shape index (κ3) is 3.30. The number of aliphatic hydroxyl groups is 1. The molecule has 0 saturated carbocycles. The predicted octanol–water partition coefficient (Wildman–Crippen LogP) is 4.57. The molecule has 1 atom stereocenters. The van der Waals surface area contributed by atoms with Crippen LogP contribution in [0.25, 0.3) is 0 Å². The number of halogens is 3. The minimum atomic E-state index is -1.04. The summed E-state index contributed by atoms with van der Waals surface area (Å²) in [6.45, 7) is 1.64. The SMILES string of the molecule is CC(O)c1ccc(Oc2cc(Br)cc(F)c2F)cc1. The molecule has 0 bridgehead atoms. The molecule has 1 unspecified atom stereocenters. The van der Waals surface area contributed by atoms with E-state index in [1.54, 1.807) is 31.2 Å². The van der Waals surface area contributed by atoms with Crippen LogP contribution in [0, 0.1) is 11.6 Å². The highest BCUT2D eigenvalue weighted by Crippen LogP contribution is 2.30. The largest absolute Gasteiger partial charge is 0.454 e. The molecule has 0 aliphatic rings. The van der Waals surface area contributed by atoms with E-state index >= 15 is 0 Å². The van der Waals surface area contributed by atoms with Crippen molar-refractivity contribution in [3.63, 3.8) is 0 Å². The van der Waals surface area contributed by atoms with E-state index in [1.807, 2.05) is 0 Å². The Hall–Kier alpha value is -1.46. The normalized spacial score (nSPS) is 12.3. The van der Waals surface area contributed by atoms with Gasteiger partial charge in [-0.1, -0.05) is 28.1 Å². The third-order valence-electron chi connectivity index (χ3n) is 2.55. The van der Waals surface area contributed by atoms with Crippen molar-refractivity contribution in [2.75, 3.05) is 0 Å². The van der Waals surface area contributed by atoms with Gasteiger partial charge in [-0.05, 0) is 36.8 Å². The molecule has 19 heavy (non-hydrogen) atoms. The quantitative estimate of drug-likeness (QED) is 0.836. The summed E-state index contributed by atoms with van der Waals surface area (Å²) in [7, 11) is 0. The van der Waals surface area contributed by atoms with Crippen molar-refractivity contribution in [1.29, 1.82) is 0 Å². The molecule has 0 aromatic heterocycles. The molecule has 100 valence electrons. The number of aliphatic hydroxyl groups excluding tert-OH is 1. The van der Waals surface area contributed by atoms with Gasteiger partial charge in [0.25, 0.3) is 0 Å². The van der Waals surface area contributed by atoms with Gasteiger partial charge in [-0.25, -0.2) is 4.39 Å². The van der Waals surface area contributed by atoms with Gasteiger partial charge in [0.1, 0.15) is 5.75 Å². The standard InChI is InChI=1S/C14H11BrF2O2/c1-8(18)9-2-4-11(5-3-9)19-13-7-10(15)6-12(16)14(13)17/h2-8,18H,1H3. The molecule has 2 aromatic rings. The maximum atomic E-state index is 13.5. The Bertz CT molecular complexity index is 583. The summed E-state index contributed by atoms with van der Waals surface area (Å²) >= 11 is 3.07. The van der Waals surface area contributed by atoms with Crippen molar-refractivity contribution < 1.29 is 18.6 Å². The molecule has 0 radical (unpaired) electrons. The van der Waals surface area contributed by atoms with Crippen LogP contribution in [0.3, 0.4) is 0 Å². The van der Waals surface area contributed by atoms with E-state index in [2.05, 4.69) is 15.9 Å². The zero-order valence-corrected chi connectivity index (χ0v) is 11.6. The first-order chi connectivity index (χ1) is 8.97. The van der Waals surface area contributed by atoms with Crippen molar-refractivity contribution in [1.82, 2.24) is 0 Å². The Morgan fingerprint density at radius 1 is 1.16 bits per heavy atom. The zero-order chi connectivity index (χ0) is 14.0. The van der Waals surface area contributed by atoms with E-state index < -0.39 is 17.7 Å². The molecular weight excluding hydrogens is 318 g/mol. The molecule has 5 heteroatoms. The van der Waals surface area contributed by atoms with Gasteiger partial charge in [-0.2, -0.15) is 4.39 Å². The molecule has 2 rings (SSSR count). The Morgan fingerprint density at radius 2 is 1.79 bits per heavy atom. The van der Waals surface area contributed by atoms with Crippen LogP contribution in [0.2, 0.25) is 0 Å². The van der Waals surface area contributed by atoms with Gasteiger partial charge in [0, 0.05) is 4.47 Å². The molecule has 0 aliphatic carbocycles. The van der Waals surface area contributed by atoms with Crippen molar-refractivity contribution in [3.8, 4) is 11.5 Å². The summed E-state index contributed by atoms with van der Waals surface area (Å²) < 4.78 is 32.4. The molecule has 0 amide bonds. The zero-order valence-electron chi connectivity index (χ0n) is 10.0. The highest BCUT2D eigenvalue weighted by molar-refractivity contribution is 9.10. The van der Waals surface area contributed by atoms with Gasteiger partial charge >= 0.3 is 0 Å². The molecule has 0 aliphatic heterocycles. The van der Waals surface area contributed by atoms with E-state index in [1.165, 1.54) is 6.07 Å². The second-order valence-electron chi connectivity index (χ2n) is 4.05. The maximum Gasteiger partial charge on any atom is 0.201 e. The van der Waals surface area contributed by atoms with Gasteiger partial charge in [-0.15, -0.1) is 0 Å². The van der Waals surface area contributed by atoms with Crippen LogP contribution in [-0.4, -0.2) is 5.11 Å². The second-order valence-corrected chi connectivity index (χ2v) is 4.96. The monoisotopic (exact) mass is 328 g/mol. The summed E-state index contributed by atoms with van der Waals surface area (Å²) in [5, 5.41) is 9.36. The van der Waals surface area contributed by atoms with Crippen molar-refractivity contribution >= 4 is 15.9 Å². The lowest BCUT2D eigenvalue weighted by Crippen LogP contribution is -1.94. The summed E-state index contributed by atoms with van der Waals surface area (Å²) in [6, 6.07) is 8.86. The van der Waals surface area contributed by atoms with E-state index in [-0.39, 0.29) is 5.75 Å². The molecular formula is C14H11BrF2O2. The molecule has 2 nitrogen and oxygen atoms in total. The Kier molecular flexibility index (Phi) is 4.17. The summed E-state index contributed by atoms with van der Waals surface area (Å²) in [5.74, 6) is -1.86. The van der Waals surface area contributed by atoms with Crippen LogP contribution in [0.1, 0.15) is 18.6 Å². The number of benzene rings is 2. The van der Waals surface area contributed by atoms with E-state index in [0.717, 1.165) is 6.07 Å². The molecule has 0 fully saturated rings. The van der Waals surface area contributed by atoms with Crippen LogP contribution in [0.4, 0.5) is 8.78 Å². The van der Waals surface area contributed by atoms with Gasteiger partial charge in [-0.3, -0.25) is 0 Å². The fourth-order valence-corrected chi connectivity index (χ4v) is 1.96. The molecule has 0 heterocycles. The van der Waals surface area contributed by atoms with Crippen LogP contribution >= 0.6 is 15.9 Å². The van der Waals surface area contributed by atoms with Crippen LogP contribution in [0.5, 0.6) is 11.5 Å². The van der Waals surface area contributed by atoms with Gasteiger partial charge in [0.15, 0.2) is 11.6 Å². The maximum absolute atomic E-state index is 13.5. The first-order valence-corrected chi connectivity index (χ1v) is 6.37. The number of hydrogen-bond donors (Lipinski definition) is 1. The fourth-order valence-electron chi connectivity index (χ4n) is 1.55. The lowest BCUT2D eigenvalue weighted by atomic mass is 10.1. The lowest BCUT2D eigenvalue weighted by Gasteiger charge is -2.09. The molecule has 0 spiro atoms. The highest BCUT2D eigenvalue weighted by atomic mass is 79.9. The molecule has 2 aromatic carbocycles. The summed E-state index contributed by atoms with van der Waals surface area (Å²) in [4.78, 5) is 0. The Morgan fingerprint density at radius 3 is 2.37 bits per heavy atom. The minimum absolute atomic E-state index is 0.198. The number of rotatable bonds is 3. The molecule has 0 saturated heterocycles. The number of hydrogen-bond acceptors (Lipinski definition) is 2. The molecule has 1 N–H and O–H groups in total. The van der Waals surface area contributed by atoms with Gasteiger partial charge in [0.05, 0.1) is 6.10 Å². The average molecular weight is 329 g/mol. The van der Waals surface area contributed by atoms with Gasteiger partial charge in [0.2, 0.25) is 5.82 Å². The highest BCUT2D eigenvalue weighted by Gasteiger charge is 2.12. The lowest BCUT2D eigenvalue weighted by molar-refractivity contribution is 0.199. The Balaban J connectivity index is 2.26. The van der Waals surface area contributed by atoms with E-state index in [4.69, 9.17) is 4.74 Å². The average Bonchev–Trinajstić information content (AvgIpc) is 2.36. The predicted molar refractivity (Wildman–Crippen MR) is 71.2 cm³/mol. The van der Waals surface area contributed by atoms with E-state index in [9.17, 15) is 13.9 Å². The topological polar surface area (TPSA) is 29.5 Å². The minimum Gasteiger partial charge on any atom is -0.454 e. The third-order valence-corrected chi connectivity index (χ3v) is 3.01. The van der Waals surface area contributed by atoms with Crippen molar-refractivity contribution in [2.24, 2.45) is 0 Å². The van der Waals surface area contributed by atoms with Crippen LogP contribution in [0.15, 0.2) is 40.9 Å². The summed E-state index contributed by atoms with van der Waals surface area (Å²) in [6.07, 6.45) is -0.589. The summed E-state index contributed by atoms with van der Waals surface area (Å²) in [5.41, 5.74) is 0.716. The van der Waals surface area contributed by atoms with Gasteiger partial charge < -0.3 is 9.84 Å². The first kappa shape index (κ1) is 14.0. The second kappa shape index (κ2) is 5.67.